The molecule has 0 fully saturated rings. The Labute approximate surface area is 190 Å². The molecule has 2 heterocycles. The van der Waals surface area contributed by atoms with Crippen LogP contribution in [0.5, 0.6) is 0 Å². The summed E-state index contributed by atoms with van der Waals surface area (Å²) >= 11 is 5.69. The molecule has 3 rings (SSSR count). The van der Waals surface area contributed by atoms with Gasteiger partial charge in [-0.3, -0.25) is 9.35 Å². The lowest BCUT2D eigenvalue weighted by molar-refractivity contribution is -0.139. The molecule has 0 aliphatic rings. The van der Waals surface area contributed by atoms with E-state index >= 15 is 0 Å². The van der Waals surface area contributed by atoms with Gasteiger partial charge in [-0.15, -0.1) is 0 Å². The molecule has 0 radical (unpaired) electrons. The molecule has 33 heavy (non-hydrogen) atoms. The predicted octanol–water partition coefficient (Wildman–Crippen LogP) is 3.20. The van der Waals surface area contributed by atoms with Gasteiger partial charge in [0.2, 0.25) is 0 Å². The lowest BCUT2D eigenvalue weighted by Gasteiger charge is -2.28. The minimum Gasteiger partial charge on any atom is -0.329 e. The third-order valence-electron chi connectivity index (χ3n) is 4.62. The quantitative estimate of drug-likeness (QED) is 0.506. The average molecular weight is 505 g/mol. The summed E-state index contributed by atoms with van der Waals surface area (Å²) in [7, 11) is -5.35. The molecule has 1 atom stereocenters. The third-order valence-corrected chi connectivity index (χ3v) is 5.80. The summed E-state index contributed by atoms with van der Waals surface area (Å²) in [6.45, 7) is 3.24. The van der Waals surface area contributed by atoms with Crippen molar-refractivity contribution in [3.63, 3.8) is 0 Å². The predicted molar refractivity (Wildman–Crippen MR) is 108 cm³/mol. The monoisotopic (exact) mass is 504 g/mol. The average Bonchev–Trinajstić information content (AvgIpc) is 3.22. The van der Waals surface area contributed by atoms with E-state index in [1.807, 2.05) is 0 Å². The first kappa shape index (κ1) is 24.5. The second-order valence-electron chi connectivity index (χ2n) is 6.65. The molecule has 0 saturated heterocycles. The van der Waals surface area contributed by atoms with Gasteiger partial charge in [-0.2, -0.15) is 31.4 Å². The zero-order valence-electron chi connectivity index (χ0n) is 17.0. The first-order valence-electron chi connectivity index (χ1n) is 9.22. The Hall–Kier alpha value is -3.10. The van der Waals surface area contributed by atoms with E-state index in [-0.39, 0.29) is 18.3 Å². The van der Waals surface area contributed by atoms with Crippen molar-refractivity contribution < 1.29 is 30.9 Å². The van der Waals surface area contributed by atoms with E-state index in [0.717, 1.165) is 0 Å². The molecule has 10 nitrogen and oxygen atoms in total. The molecule has 1 unspecified atom stereocenters. The van der Waals surface area contributed by atoms with Gasteiger partial charge in [0.25, 0.3) is 22.0 Å². The van der Waals surface area contributed by atoms with Crippen LogP contribution in [0, 0.1) is 0 Å². The summed E-state index contributed by atoms with van der Waals surface area (Å²) in [4.78, 5) is 25.1. The van der Waals surface area contributed by atoms with Crippen molar-refractivity contribution in [2.24, 2.45) is 0 Å². The molecule has 1 N–H and O–H groups in total. The van der Waals surface area contributed by atoms with Crippen LogP contribution in [0.25, 0.3) is 5.95 Å². The van der Waals surface area contributed by atoms with Crippen molar-refractivity contribution >= 4 is 27.6 Å². The minimum atomic E-state index is -5.35. The molecule has 0 aliphatic heterocycles. The Morgan fingerprint density at radius 2 is 1.88 bits per heavy atom. The fraction of sp³-hybridized carbons (Fsp3) is 0.278. The maximum atomic E-state index is 13.3. The number of hydrogen-bond acceptors (Lipinski definition) is 7. The van der Waals surface area contributed by atoms with Crippen molar-refractivity contribution in [1.29, 1.82) is 0 Å². The summed E-state index contributed by atoms with van der Waals surface area (Å²) < 4.78 is 73.9. The fourth-order valence-corrected chi connectivity index (χ4v) is 4.31. The number of alkyl halides is 3. The lowest BCUT2D eigenvalue weighted by atomic mass is 10.1. The van der Waals surface area contributed by atoms with E-state index in [4.69, 9.17) is 11.6 Å². The maximum absolute atomic E-state index is 13.3. The lowest BCUT2D eigenvalue weighted by Crippen LogP contribution is -2.35. The van der Waals surface area contributed by atoms with E-state index in [9.17, 15) is 30.9 Å². The molecule has 1 aromatic carbocycles. The number of rotatable bonds is 6. The van der Waals surface area contributed by atoms with Crippen LogP contribution in [0.3, 0.4) is 0 Å². The summed E-state index contributed by atoms with van der Waals surface area (Å²) in [5.74, 6) is -0.440. The molecular formula is C18H16ClF3N6O4S. The van der Waals surface area contributed by atoms with Crippen molar-refractivity contribution in [2.45, 2.75) is 31.0 Å². The van der Waals surface area contributed by atoms with E-state index < -0.39 is 49.3 Å². The number of nitrogens with zero attached hydrogens (tertiary/aromatic N) is 6. The largest absolute Gasteiger partial charge is 0.419 e. The second kappa shape index (κ2) is 9.03. The van der Waals surface area contributed by atoms with Gasteiger partial charge >= 0.3 is 6.18 Å². The fourth-order valence-electron chi connectivity index (χ4n) is 3.17. The summed E-state index contributed by atoms with van der Waals surface area (Å²) in [6.07, 6.45) is -1.02. The number of halogens is 4. The first-order valence-corrected chi connectivity index (χ1v) is 11.0. The number of carbonyl (C=O) groups is 1. The second-order valence-corrected chi connectivity index (χ2v) is 8.45. The molecule has 1 amide bonds. The topological polar surface area (TPSA) is 131 Å². The van der Waals surface area contributed by atoms with Gasteiger partial charge in [0.1, 0.15) is 11.2 Å². The Balaban J connectivity index is 2.06. The Morgan fingerprint density at radius 1 is 1.24 bits per heavy atom. The SMILES string of the molecule is CCN(C(=O)c1cc(Cl)c(C(F)(F)F)c(S(=O)(=O)O)c1)C(C)c1ncnn1-c1ncccn1. The van der Waals surface area contributed by atoms with Crippen LogP contribution >= 0.6 is 11.6 Å². The minimum absolute atomic E-state index is 0.0579. The van der Waals surface area contributed by atoms with Crippen LogP contribution in [0.4, 0.5) is 13.2 Å². The van der Waals surface area contributed by atoms with E-state index in [0.29, 0.717) is 12.1 Å². The van der Waals surface area contributed by atoms with Crippen molar-refractivity contribution in [3.05, 3.63) is 58.9 Å². The Kier molecular flexibility index (Phi) is 6.72. The summed E-state index contributed by atoms with van der Waals surface area (Å²) in [6, 6.07) is 1.94. The van der Waals surface area contributed by atoms with Crippen LogP contribution in [0.1, 0.15) is 41.6 Å². The number of aromatic nitrogens is 5. The third kappa shape index (κ3) is 4.96. The van der Waals surface area contributed by atoms with Gasteiger partial charge in [-0.1, -0.05) is 11.6 Å². The Bertz CT molecular complexity index is 1280. The molecule has 0 spiro atoms. The van der Waals surface area contributed by atoms with E-state index in [1.165, 1.54) is 28.3 Å². The molecule has 3 aromatic rings. The summed E-state index contributed by atoms with van der Waals surface area (Å²) in [5.41, 5.74) is -2.24. The highest BCUT2D eigenvalue weighted by atomic mass is 35.5. The van der Waals surface area contributed by atoms with Crippen molar-refractivity contribution in [2.75, 3.05) is 6.54 Å². The van der Waals surface area contributed by atoms with Gasteiger partial charge in [-0.05, 0) is 32.0 Å². The zero-order valence-corrected chi connectivity index (χ0v) is 18.6. The van der Waals surface area contributed by atoms with Crippen molar-refractivity contribution in [3.8, 4) is 5.95 Å². The molecule has 176 valence electrons. The van der Waals surface area contributed by atoms with Crippen LogP contribution in [-0.2, 0) is 16.3 Å². The standard InChI is InChI=1S/C18H16ClF3N6O4S/c1-3-27(10(2)15-25-9-26-28(15)17-23-5-4-6-24-17)16(29)11-7-12(19)14(18(20,21)22)13(8-11)33(30,31)32/h4-10H,3H2,1-2H3,(H,30,31,32). The highest BCUT2D eigenvalue weighted by molar-refractivity contribution is 7.85. The van der Waals surface area contributed by atoms with Gasteiger partial charge in [0.05, 0.1) is 16.6 Å². The smallest absolute Gasteiger partial charge is 0.329 e. The normalized spacial score (nSPS) is 13.1. The number of amides is 1. The van der Waals surface area contributed by atoms with Gasteiger partial charge in [0.15, 0.2) is 5.82 Å². The molecule has 0 bridgehead atoms. The van der Waals surface area contributed by atoms with Crippen LogP contribution in [0.15, 0.2) is 41.8 Å². The number of benzene rings is 1. The number of hydrogen-bond donors (Lipinski definition) is 1. The van der Waals surface area contributed by atoms with Crippen LogP contribution in [-0.4, -0.2) is 55.1 Å². The molecular weight excluding hydrogens is 489 g/mol. The first-order chi connectivity index (χ1) is 15.4. The highest BCUT2D eigenvalue weighted by Gasteiger charge is 2.40. The highest BCUT2D eigenvalue weighted by Crippen LogP contribution is 2.40. The van der Waals surface area contributed by atoms with Crippen LogP contribution < -0.4 is 0 Å². The molecule has 0 aliphatic carbocycles. The maximum Gasteiger partial charge on any atom is 0.419 e. The summed E-state index contributed by atoms with van der Waals surface area (Å²) in [5, 5.41) is 2.99. The van der Waals surface area contributed by atoms with Crippen LogP contribution in [0.2, 0.25) is 5.02 Å². The van der Waals surface area contributed by atoms with Crippen molar-refractivity contribution in [1.82, 2.24) is 29.6 Å². The zero-order chi connectivity index (χ0) is 24.6. The molecule has 15 heteroatoms. The molecule has 2 aromatic heterocycles. The van der Waals surface area contributed by atoms with Gasteiger partial charge in [0, 0.05) is 24.5 Å². The van der Waals surface area contributed by atoms with Gasteiger partial charge in [-0.25, -0.2) is 15.0 Å². The van der Waals surface area contributed by atoms with Gasteiger partial charge < -0.3 is 4.90 Å². The van der Waals surface area contributed by atoms with E-state index in [2.05, 4.69) is 20.1 Å². The van der Waals surface area contributed by atoms with E-state index in [1.54, 1.807) is 19.9 Å². The number of carbonyl (C=O) groups excluding carboxylic acids is 1. The Morgan fingerprint density at radius 3 is 2.42 bits per heavy atom. The molecule has 0 saturated carbocycles.